The van der Waals surface area contributed by atoms with E-state index in [0.717, 1.165) is 41.6 Å². The summed E-state index contributed by atoms with van der Waals surface area (Å²) in [6.07, 6.45) is 2.36. The molecule has 1 atom stereocenters. The number of amides is 2. The van der Waals surface area contributed by atoms with Crippen LogP contribution in [0.5, 0.6) is 0 Å². The third-order valence-corrected chi connectivity index (χ3v) is 6.04. The minimum absolute atomic E-state index is 0.199. The van der Waals surface area contributed by atoms with Gasteiger partial charge in [0.05, 0.1) is 0 Å². The Morgan fingerprint density at radius 1 is 1.16 bits per heavy atom. The van der Waals surface area contributed by atoms with Crippen LogP contribution >= 0.6 is 0 Å². The smallest absolute Gasteiger partial charge is 0.275 e. The largest absolute Gasteiger partial charge is 0.352 e. The maximum atomic E-state index is 14.5. The number of aryl methyl sites for hydroxylation is 1. The highest BCUT2D eigenvalue weighted by Crippen LogP contribution is 2.32. The second kappa shape index (κ2) is 7.65. The summed E-state index contributed by atoms with van der Waals surface area (Å²) in [4.78, 5) is 28.1. The van der Waals surface area contributed by atoms with Crippen molar-refractivity contribution < 1.29 is 14.0 Å². The van der Waals surface area contributed by atoms with E-state index in [0.29, 0.717) is 24.5 Å². The quantitative estimate of drug-likeness (QED) is 0.711. The zero-order valence-corrected chi connectivity index (χ0v) is 17.3. The summed E-state index contributed by atoms with van der Waals surface area (Å²) in [6, 6.07) is 13.4. The molecule has 5 rings (SSSR count). The fourth-order valence-electron chi connectivity index (χ4n) is 4.63. The van der Waals surface area contributed by atoms with E-state index in [1.165, 1.54) is 6.07 Å². The molecule has 0 saturated carbocycles. The minimum Gasteiger partial charge on any atom is -0.352 e. The van der Waals surface area contributed by atoms with Gasteiger partial charge in [-0.1, -0.05) is 42.0 Å². The number of halogens is 1. The predicted octanol–water partition coefficient (Wildman–Crippen LogP) is 3.12. The molecular formula is C24H23FN4O2. The molecule has 0 bridgehead atoms. The Morgan fingerprint density at radius 2 is 2.00 bits per heavy atom. The first-order valence-electron chi connectivity index (χ1n) is 10.6. The molecule has 1 saturated heterocycles. The summed E-state index contributed by atoms with van der Waals surface area (Å²) in [6.45, 7) is 2.74. The van der Waals surface area contributed by atoms with Gasteiger partial charge in [0.15, 0.2) is 5.69 Å². The number of nitrogens with zero attached hydrogens (tertiary/aromatic N) is 3. The van der Waals surface area contributed by atoms with Crippen molar-refractivity contribution in [3.63, 3.8) is 0 Å². The number of rotatable bonds is 3. The van der Waals surface area contributed by atoms with Gasteiger partial charge in [0, 0.05) is 24.3 Å². The number of benzene rings is 2. The minimum atomic E-state index is -0.711. The van der Waals surface area contributed by atoms with E-state index in [4.69, 9.17) is 0 Å². The van der Waals surface area contributed by atoms with Crippen LogP contribution in [-0.4, -0.2) is 39.6 Å². The van der Waals surface area contributed by atoms with E-state index in [-0.39, 0.29) is 17.6 Å². The lowest BCUT2D eigenvalue weighted by Crippen LogP contribution is -2.52. The van der Waals surface area contributed by atoms with Crippen LogP contribution < -0.4 is 5.32 Å². The van der Waals surface area contributed by atoms with E-state index in [2.05, 4.69) is 10.4 Å². The van der Waals surface area contributed by atoms with Crippen LogP contribution in [0.25, 0.3) is 5.69 Å². The maximum Gasteiger partial charge on any atom is 0.275 e. The highest BCUT2D eigenvalue weighted by Gasteiger charge is 2.38. The molecule has 31 heavy (non-hydrogen) atoms. The van der Waals surface area contributed by atoms with Crippen molar-refractivity contribution in [1.29, 1.82) is 0 Å². The fourth-order valence-corrected chi connectivity index (χ4v) is 4.63. The molecular weight excluding hydrogens is 395 g/mol. The van der Waals surface area contributed by atoms with Gasteiger partial charge in [-0.3, -0.25) is 9.59 Å². The lowest BCUT2D eigenvalue weighted by atomic mass is 9.99. The molecule has 1 aliphatic heterocycles. The Bertz CT molecular complexity index is 1190. The van der Waals surface area contributed by atoms with Gasteiger partial charge in [-0.15, -0.1) is 0 Å². The summed E-state index contributed by atoms with van der Waals surface area (Å²) in [5, 5.41) is 7.43. The first kappa shape index (κ1) is 19.5. The monoisotopic (exact) mass is 418 g/mol. The molecule has 1 unspecified atom stereocenters. The normalized spacial score (nSPS) is 18.1. The summed E-state index contributed by atoms with van der Waals surface area (Å²) in [5.41, 5.74) is 4.20. The number of fused-ring (bicyclic) bond motifs is 1. The zero-order chi connectivity index (χ0) is 21.5. The van der Waals surface area contributed by atoms with Crippen LogP contribution in [0.3, 0.4) is 0 Å². The van der Waals surface area contributed by atoms with Gasteiger partial charge in [0.25, 0.3) is 5.91 Å². The van der Waals surface area contributed by atoms with E-state index in [1.807, 2.05) is 31.2 Å². The molecule has 1 aromatic heterocycles. The van der Waals surface area contributed by atoms with Crippen LogP contribution in [0.2, 0.25) is 0 Å². The topological polar surface area (TPSA) is 67.2 Å². The molecule has 1 N–H and O–H groups in total. The maximum absolute atomic E-state index is 14.5. The first-order chi connectivity index (χ1) is 15.0. The van der Waals surface area contributed by atoms with Crippen molar-refractivity contribution in [2.45, 2.75) is 32.2 Å². The van der Waals surface area contributed by atoms with Crippen molar-refractivity contribution in [2.24, 2.45) is 0 Å². The molecule has 2 heterocycles. The van der Waals surface area contributed by atoms with Gasteiger partial charge >= 0.3 is 0 Å². The van der Waals surface area contributed by atoms with E-state index >= 15 is 0 Å². The zero-order valence-electron chi connectivity index (χ0n) is 17.3. The first-order valence-corrected chi connectivity index (χ1v) is 10.6. The Labute approximate surface area is 179 Å². The summed E-state index contributed by atoms with van der Waals surface area (Å²) < 4.78 is 16.0. The van der Waals surface area contributed by atoms with Gasteiger partial charge in [-0.25, -0.2) is 9.07 Å². The number of para-hydroxylation sites is 1. The number of aromatic nitrogens is 2. The lowest BCUT2D eigenvalue weighted by molar-refractivity contribution is -0.128. The highest BCUT2D eigenvalue weighted by molar-refractivity contribution is 5.98. The van der Waals surface area contributed by atoms with E-state index < -0.39 is 6.04 Å². The molecule has 1 fully saturated rings. The fraction of sp³-hybridized carbons (Fsp3) is 0.292. The molecule has 2 aromatic carbocycles. The average molecular weight is 418 g/mol. The SMILES string of the molecule is Cc1cccc(C2C(=O)NCCN2C(=O)c2nn(-c3ccccc3F)c3c2CCC3)c1. The average Bonchev–Trinajstić information content (AvgIpc) is 3.36. The van der Waals surface area contributed by atoms with Gasteiger partial charge in [0.1, 0.15) is 17.5 Å². The predicted molar refractivity (Wildman–Crippen MR) is 114 cm³/mol. The highest BCUT2D eigenvalue weighted by atomic mass is 19.1. The number of carbonyl (C=O) groups is 2. The van der Waals surface area contributed by atoms with E-state index in [1.54, 1.807) is 27.8 Å². The molecule has 1 aliphatic carbocycles. The Balaban J connectivity index is 1.57. The van der Waals surface area contributed by atoms with Crippen molar-refractivity contribution in [2.75, 3.05) is 13.1 Å². The van der Waals surface area contributed by atoms with Crippen LogP contribution in [-0.2, 0) is 17.6 Å². The van der Waals surface area contributed by atoms with Crippen LogP contribution in [0.1, 0.15) is 45.3 Å². The Kier molecular flexibility index (Phi) is 4.81. The Morgan fingerprint density at radius 3 is 2.81 bits per heavy atom. The van der Waals surface area contributed by atoms with Crippen LogP contribution in [0.15, 0.2) is 48.5 Å². The summed E-state index contributed by atoms with van der Waals surface area (Å²) >= 11 is 0. The second-order valence-electron chi connectivity index (χ2n) is 8.10. The third-order valence-electron chi connectivity index (χ3n) is 6.04. The van der Waals surface area contributed by atoms with Crippen molar-refractivity contribution in [3.8, 4) is 5.69 Å². The molecule has 6 nitrogen and oxygen atoms in total. The number of hydrogen-bond acceptors (Lipinski definition) is 3. The molecule has 0 radical (unpaired) electrons. The summed E-state index contributed by atoms with van der Waals surface area (Å²) in [7, 11) is 0. The van der Waals surface area contributed by atoms with Crippen molar-refractivity contribution in [3.05, 3.63) is 82.4 Å². The van der Waals surface area contributed by atoms with Gasteiger partial charge in [-0.2, -0.15) is 5.10 Å². The second-order valence-corrected chi connectivity index (χ2v) is 8.10. The Hall–Kier alpha value is -3.48. The number of hydrogen-bond donors (Lipinski definition) is 1. The molecule has 0 spiro atoms. The molecule has 2 aliphatic rings. The van der Waals surface area contributed by atoms with Gasteiger partial charge in [0.2, 0.25) is 5.91 Å². The number of carbonyl (C=O) groups excluding carboxylic acids is 2. The van der Waals surface area contributed by atoms with Crippen molar-refractivity contribution in [1.82, 2.24) is 20.0 Å². The molecule has 3 aromatic rings. The number of nitrogens with one attached hydrogen (secondary N) is 1. The van der Waals surface area contributed by atoms with E-state index in [9.17, 15) is 14.0 Å². The van der Waals surface area contributed by atoms with Crippen LogP contribution in [0.4, 0.5) is 4.39 Å². The number of piperazine rings is 1. The van der Waals surface area contributed by atoms with Crippen molar-refractivity contribution >= 4 is 11.8 Å². The molecule has 7 heteroatoms. The molecule has 158 valence electrons. The van der Waals surface area contributed by atoms with Gasteiger partial charge in [-0.05, 0) is 43.9 Å². The standard InChI is InChI=1S/C24H23FN4O2/c1-15-6-4-7-16(14-15)22-23(30)26-12-13-28(22)24(31)21-17-8-5-11-19(17)29(27-21)20-10-3-2-9-18(20)25/h2-4,6-7,9-10,14,22H,5,8,11-13H2,1H3,(H,26,30). The van der Waals surface area contributed by atoms with Gasteiger partial charge < -0.3 is 10.2 Å². The lowest BCUT2D eigenvalue weighted by Gasteiger charge is -2.35. The molecule has 2 amide bonds. The third kappa shape index (κ3) is 3.30. The van der Waals surface area contributed by atoms with Crippen LogP contribution in [0, 0.1) is 12.7 Å². The summed E-state index contributed by atoms with van der Waals surface area (Å²) in [5.74, 6) is -0.862.